The summed E-state index contributed by atoms with van der Waals surface area (Å²) in [5, 5.41) is 8.46. The van der Waals surface area contributed by atoms with E-state index in [1.807, 2.05) is 0 Å². The van der Waals surface area contributed by atoms with Gasteiger partial charge in [-0.1, -0.05) is 39.0 Å². The second-order valence-corrected chi connectivity index (χ2v) is 5.85. The predicted molar refractivity (Wildman–Crippen MR) is 91.4 cm³/mol. The maximum Gasteiger partial charge on any atom is 0.412 e. The zero-order chi connectivity index (χ0) is 16.9. The van der Waals surface area contributed by atoms with Gasteiger partial charge in [-0.2, -0.15) is 0 Å². The number of nitrogens with one attached hydrogen (secondary N) is 2. The molecule has 0 bridgehead atoms. The van der Waals surface area contributed by atoms with E-state index in [1.54, 1.807) is 17.7 Å². The van der Waals surface area contributed by atoms with Crippen LogP contribution < -0.4 is 20.1 Å². The molecule has 7 heteroatoms. The Labute approximate surface area is 141 Å². The Bertz CT molecular complexity index is 476. The lowest BCUT2D eigenvalue weighted by atomic mass is 10.1. The number of unbranched alkanes of at least 4 members (excludes halogenated alkanes) is 5. The number of hydrogen-bond acceptors (Lipinski definition) is 5. The van der Waals surface area contributed by atoms with Crippen molar-refractivity contribution in [3.63, 3.8) is 0 Å². The van der Waals surface area contributed by atoms with Crippen LogP contribution in [0.25, 0.3) is 0 Å². The summed E-state index contributed by atoms with van der Waals surface area (Å²) >= 11 is 1.30. The van der Waals surface area contributed by atoms with Gasteiger partial charge in [0.15, 0.2) is 11.5 Å². The van der Waals surface area contributed by atoms with Crippen molar-refractivity contribution in [3.8, 4) is 11.5 Å². The normalized spacial score (nSPS) is 10.2. The lowest BCUT2D eigenvalue weighted by molar-refractivity contribution is 0.190. The molecule has 1 aromatic rings. The molecule has 1 heterocycles. The SMILES string of the molecule is CCCCCCCCNC(=O)Oc1cscc1OC(=O)NCC. The van der Waals surface area contributed by atoms with E-state index >= 15 is 0 Å². The average Bonchev–Trinajstić information content (AvgIpc) is 2.93. The Balaban J connectivity index is 2.24. The van der Waals surface area contributed by atoms with Gasteiger partial charge in [-0.3, -0.25) is 0 Å². The largest absolute Gasteiger partial charge is 0.412 e. The van der Waals surface area contributed by atoms with Crippen LogP contribution in [0.3, 0.4) is 0 Å². The molecule has 0 aliphatic carbocycles. The molecule has 2 N–H and O–H groups in total. The van der Waals surface area contributed by atoms with Gasteiger partial charge in [0.2, 0.25) is 0 Å². The molecule has 0 unspecified atom stereocenters. The van der Waals surface area contributed by atoms with Crippen LogP contribution in [-0.2, 0) is 0 Å². The Morgan fingerprint density at radius 1 is 0.913 bits per heavy atom. The van der Waals surface area contributed by atoms with Gasteiger partial charge in [0.05, 0.1) is 0 Å². The fourth-order valence-electron chi connectivity index (χ4n) is 1.93. The smallest absolute Gasteiger partial charge is 0.405 e. The van der Waals surface area contributed by atoms with Gasteiger partial charge >= 0.3 is 12.2 Å². The van der Waals surface area contributed by atoms with Crippen LogP contribution in [0, 0.1) is 0 Å². The summed E-state index contributed by atoms with van der Waals surface area (Å²) in [6.45, 7) is 5.04. The minimum atomic E-state index is -0.566. The third-order valence-electron chi connectivity index (χ3n) is 3.12. The summed E-state index contributed by atoms with van der Waals surface area (Å²) in [6, 6.07) is 0. The molecule has 0 aromatic carbocycles. The van der Waals surface area contributed by atoms with Gasteiger partial charge in [0.25, 0.3) is 0 Å². The van der Waals surface area contributed by atoms with Gasteiger partial charge in [-0.05, 0) is 13.3 Å². The number of hydrogen-bond donors (Lipinski definition) is 2. The first kappa shape index (κ1) is 19.3. The van der Waals surface area contributed by atoms with Crippen molar-refractivity contribution in [1.29, 1.82) is 0 Å². The lowest BCUT2D eigenvalue weighted by Gasteiger charge is -2.08. The second kappa shape index (κ2) is 11.8. The highest BCUT2D eigenvalue weighted by Crippen LogP contribution is 2.31. The highest BCUT2D eigenvalue weighted by atomic mass is 32.1. The van der Waals surface area contributed by atoms with Crippen LogP contribution in [0.2, 0.25) is 0 Å². The molecule has 130 valence electrons. The van der Waals surface area contributed by atoms with Crippen LogP contribution in [0.15, 0.2) is 10.8 Å². The summed E-state index contributed by atoms with van der Waals surface area (Å²) in [5.41, 5.74) is 0. The van der Waals surface area contributed by atoms with E-state index in [2.05, 4.69) is 17.6 Å². The van der Waals surface area contributed by atoms with E-state index in [1.165, 1.54) is 37.0 Å². The summed E-state index contributed by atoms with van der Waals surface area (Å²) < 4.78 is 10.2. The van der Waals surface area contributed by atoms with Crippen molar-refractivity contribution in [2.45, 2.75) is 52.4 Å². The first-order valence-electron chi connectivity index (χ1n) is 8.14. The van der Waals surface area contributed by atoms with E-state index in [4.69, 9.17) is 9.47 Å². The fraction of sp³-hybridized carbons (Fsp3) is 0.625. The molecule has 0 fully saturated rings. The minimum absolute atomic E-state index is 0.246. The Morgan fingerprint density at radius 3 is 2.09 bits per heavy atom. The molecule has 0 spiro atoms. The molecule has 0 aliphatic rings. The number of ether oxygens (including phenoxy) is 2. The molecule has 1 aromatic heterocycles. The fourth-order valence-corrected chi connectivity index (χ4v) is 2.58. The zero-order valence-electron chi connectivity index (χ0n) is 13.9. The van der Waals surface area contributed by atoms with Crippen LogP contribution in [0.5, 0.6) is 11.5 Å². The molecule has 0 radical (unpaired) electrons. The monoisotopic (exact) mass is 342 g/mol. The summed E-state index contributed by atoms with van der Waals surface area (Å²) in [5.74, 6) is 0.498. The molecule has 0 saturated carbocycles. The molecule has 0 atom stereocenters. The number of carbonyl (C=O) groups excluding carboxylic acids is 2. The Kier molecular flexibility index (Phi) is 9.86. The van der Waals surface area contributed by atoms with E-state index in [9.17, 15) is 9.59 Å². The predicted octanol–water partition coefficient (Wildman–Crippen LogP) is 4.31. The molecular formula is C16H26N2O4S. The van der Waals surface area contributed by atoms with Gasteiger partial charge in [-0.25, -0.2) is 9.59 Å². The van der Waals surface area contributed by atoms with E-state index in [-0.39, 0.29) is 11.5 Å². The number of thiophene rings is 1. The topological polar surface area (TPSA) is 76.7 Å². The van der Waals surface area contributed by atoms with Crippen molar-refractivity contribution >= 4 is 23.5 Å². The first-order chi connectivity index (χ1) is 11.2. The Hall–Kier alpha value is -1.76. The second-order valence-electron chi connectivity index (χ2n) is 5.10. The average molecular weight is 342 g/mol. The van der Waals surface area contributed by atoms with Crippen LogP contribution >= 0.6 is 11.3 Å². The summed E-state index contributed by atoms with van der Waals surface area (Å²) in [7, 11) is 0. The number of rotatable bonds is 10. The van der Waals surface area contributed by atoms with Gasteiger partial charge in [-0.15, -0.1) is 11.3 Å². The minimum Gasteiger partial charge on any atom is -0.405 e. The maximum atomic E-state index is 11.7. The standard InChI is InChI=1S/C16H26N2O4S/c1-3-5-6-7-8-9-10-18-16(20)22-14-12-23-11-13(14)21-15(19)17-4-2/h11-12H,3-10H2,1-2H3,(H,17,19)(H,18,20). The molecule has 2 amide bonds. The van der Waals surface area contributed by atoms with Crippen molar-refractivity contribution in [2.24, 2.45) is 0 Å². The lowest BCUT2D eigenvalue weighted by Crippen LogP contribution is -2.28. The third kappa shape index (κ3) is 8.44. The molecule has 6 nitrogen and oxygen atoms in total. The zero-order valence-corrected chi connectivity index (χ0v) is 14.7. The number of carbonyl (C=O) groups is 2. The van der Waals surface area contributed by atoms with E-state index < -0.39 is 12.2 Å². The molecule has 23 heavy (non-hydrogen) atoms. The van der Waals surface area contributed by atoms with E-state index in [0.717, 1.165) is 12.8 Å². The molecule has 0 saturated heterocycles. The van der Waals surface area contributed by atoms with Crippen LogP contribution in [-0.4, -0.2) is 25.3 Å². The first-order valence-corrected chi connectivity index (χ1v) is 9.09. The van der Waals surface area contributed by atoms with Gasteiger partial charge < -0.3 is 20.1 Å². The maximum absolute atomic E-state index is 11.7. The van der Waals surface area contributed by atoms with Crippen molar-refractivity contribution < 1.29 is 19.1 Å². The van der Waals surface area contributed by atoms with Gasteiger partial charge in [0.1, 0.15) is 0 Å². The van der Waals surface area contributed by atoms with E-state index in [0.29, 0.717) is 13.1 Å². The van der Waals surface area contributed by atoms with Crippen molar-refractivity contribution in [2.75, 3.05) is 13.1 Å². The Morgan fingerprint density at radius 2 is 1.48 bits per heavy atom. The highest BCUT2D eigenvalue weighted by Gasteiger charge is 2.14. The quantitative estimate of drug-likeness (QED) is 0.621. The summed E-state index contributed by atoms with van der Waals surface area (Å²) in [4.78, 5) is 23.1. The highest BCUT2D eigenvalue weighted by molar-refractivity contribution is 7.08. The molecular weight excluding hydrogens is 316 g/mol. The third-order valence-corrected chi connectivity index (χ3v) is 3.82. The summed E-state index contributed by atoms with van der Waals surface area (Å²) in [6.07, 6.45) is 5.87. The van der Waals surface area contributed by atoms with Crippen molar-refractivity contribution in [1.82, 2.24) is 10.6 Å². The van der Waals surface area contributed by atoms with Crippen LogP contribution in [0.4, 0.5) is 9.59 Å². The van der Waals surface area contributed by atoms with Crippen LogP contribution in [0.1, 0.15) is 52.4 Å². The van der Waals surface area contributed by atoms with Gasteiger partial charge in [0, 0.05) is 23.8 Å². The molecule has 1 rings (SSSR count). The number of amides is 2. The van der Waals surface area contributed by atoms with Crippen molar-refractivity contribution in [3.05, 3.63) is 10.8 Å². The molecule has 0 aliphatic heterocycles.